The Hall–Kier alpha value is -2.43. The summed E-state index contributed by atoms with van der Waals surface area (Å²) in [6.07, 6.45) is 7.61. The molecule has 5 nitrogen and oxygen atoms in total. The van der Waals surface area contributed by atoms with E-state index < -0.39 is 0 Å². The number of likely N-dealkylation sites (tertiary alicyclic amines) is 1. The van der Waals surface area contributed by atoms with Gasteiger partial charge in [-0.1, -0.05) is 26.0 Å². The first-order valence-electron chi connectivity index (χ1n) is 10.4. The largest absolute Gasteiger partial charge is 0.356 e. The van der Waals surface area contributed by atoms with Gasteiger partial charge in [0.1, 0.15) is 5.82 Å². The van der Waals surface area contributed by atoms with Crippen molar-refractivity contribution in [3.8, 4) is 0 Å². The highest BCUT2D eigenvalue weighted by Crippen LogP contribution is 2.40. The number of hydrogen-bond acceptors (Lipinski definition) is 4. The van der Waals surface area contributed by atoms with Crippen LogP contribution in [0.25, 0.3) is 0 Å². The molecule has 1 atom stereocenters. The Balaban J connectivity index is 1.51. The van der Waals surface area contributed by atoms with Crippen LogP contribution in [-0.2, 0) is 11.3 Å². The summed E-state index contributed by atoms with van der Waals surface area (Å²) >= 11 is 0. The summed E-state index contributed by atoms with van der Waals surface area (Å²) in [5.74, 6) is 1.79. The standard InChI is InChI=1S/C23H30N4O/c1-18(2)20-7-3-8-21(25-20)26-13-5-10-23(16-26)11-9-22(28)27(17-23)15-19-6-4-12-24-14-19/h3-4,6-8,12,14,18H,5,9-11,13,15-17H2,1-2H3/t23-/m1/s1. The van der Waals surface area contributed by atoms with Gasteiger partial charge in [-0.25, -0.2) is 4.98 Å². The van der Waals surface area contributed by atoms with Crippen LogP contribution < -0.4 is 4.90 Å². The number of amides is 1. The van der Waals surface area contributed by atoms with Gasteiger partial charge >= 0.3 is 0 Å². The number of piperidine rings is 2. The zero-order chi connectivity index (χ0) is 19.6. The van der Waals surface area contributed by atoms with E-state index in [-0.39, 0.29) is 11.3 Å². The van der Waals surface area contributed by atoms with Gasteiger partial charge in [-0.15, -0.1) is 0 Å². The summed E-state index contributed by atoms with van der Waals surface area (Å²) < 4.78 is 0. The number of aromatic nitrogens is 2. The first-order chi connectivity index (χ1) is 13.5. The predicted molar refractivity (Wildman–Crippen MR) is 111 cm³/mol. The van der Waals surface area contributed by atoms with Gasteiger partial charge in [0.15, 0.2) is 0 Å². The van der Waals surface area contributed by atoms with Crippen molar-refractivity contribution in [1.82, 2.24) is 14.9 Å². The minimum absolute atomic E-state index is 0.171. The lowest BCUT2D eigenvalue weighted by atomic mass is 9.73. The molecule has 1 amide bonds. The zero-order valence-electron chi connectivity index (χ0n) is 17.0. The van der Waals surface area contributed by atoms with E-state index in [4.69, 9.17) is 4.98 Å². The topological polar surface area (TPSA) is 49.3 Å². The van der Waals surface area contributed by atoms with Crippen LogP contribution in [0.4, 0.5) is 5.82 Å². The number of carbonyl (C=O) groups excluding carboxylic acids is 1. The molecular weight excluding hydrogens is 348 g/mol. The quantitative estimate of drug-likeness (QED) is 0.807. The normalized spacial score (nSPS) is 22.9. The van der Waals surface area contributed by atoms with E-state index in [1.807, 2.05) is 17.2 Å². The molecular formula is C23H30N4O. The number of anilines is 1. The van der Waals surface area contributed by atoms with Gasteiger partial charge in [0, 0.05) is 56.1 Å². The number of nitrogens with zero attached hydrogens (tertiary/aromatic N) is 4. The number of carbonyl (C=O) groups is 1. The third-order valence-corrected chi connectivity index (χ3v) is 6.18. The third kappa shape index (κ3) is 4.03. The summed E-state index contributed by atoms with van der Waals surface area (Å²) in [6.45, 7) is 7.90. The number of hydrogen-bond donors (Lipinski definition) is 0. The van der Waals surface area contributed by atoms with Crippen molar-refractivity contribution in [3.63, 3.8) is 0 Å². The van der Waals surface area contributed by atoms with E-state index in [1.54, 1.807) is 6.20 Å². The van der Waals surface area contributed by atoms with Gasteiger partial charge in [-0.2, -0.15) is 0 Å². The van der Waals surface area contributed by atoms with Crippen molar-refractivity contribution >= 4 is 11.7 Å². The molecule has 4 heterocycles. The molecule has 2 aromatic rings. The molecule has 4 rings (SSSR count). The zero-order valence-corrected chi connectivity index (χ0v) is 17.0. The summed E-state index contributed by atoms with van der Waals surface area (Å²) in [6, 6.07) is 10.4. The average molecular weight is 379 g/mol. The Morgan fingerprint density at radius 1 is 1.14 bits per heavy atom. The second-order valence-corrected chi connectivity index (χ2v) is 8.71. The molecule has 2 aliphatic rings. The second kappa shape index (κ2) is 7.90. The number of pyridine rings is 2. The first-order valence-corrected chi connectivity index (χ1v) is 10.4. The first kappa shape index (κ1) is 18.9. The van der Waals surface area contributed by atoms with Crippen molar-refractivity contribution in [2.24, 2.45) is 5.41 Å². The lowest BCUT2D eigenvalue weighted by Crippen LogP contribution is -2.54. The van der Waals surface area contributed by atoms with E-state index in [2.05, 4.69) is 48.0 Å². The molecule has 2 aliphatic heterocycles. The molecule has 0 saturated carbocycles. The lowest BCUT2D eigenvalue weighted by Gasteiger charge is -2.48. The van der Waals surface area contributed by atoms with Crippen molar-refractivity contribution in [1.29, 1.82) is 0 Å². The molecule has 148 valence electrons. The van der Waals surface area contributed by atoms with E-state index in [0.29, 0.717) is 18.9 Å². The van der Waals surface area contributed by atoms with Crippen molar-refractivity contribution in [2.75, 3.05) is 24.5 Å². The predicted octanol–water partition coefficient (Wildman–Crippen LogP) is 4.01. The molecule has 1 spiro atoms. The van der Waals surface area contributed by atoms with Crippen LogP contribution in [0.15, 0.2) is 42.7 Å². The molecule has 0 unspecified atom stereocenters. The smallest absolute Gasteiger partial charge is 0.222 e. The SMILES string of the molecule is CC(C)c1cccc(N2CCC[C@@]3(CCC(=O)N(Cc4cccnc4)C3)C2)n1. The van der Waals surface area contributed by atoms with Crippen LogP contribution in [0.5, 0.6) is 0 Å². The van der Waals surface area contributed by atoms with E-state index in [0.717, 1.165) is 49.6 Å². The summed E-state index contributed by atoms with van der Waals surface area (Å²) in [5, 5.41) is 0. The van der Waals surface area contributed by atoms with E-state index in [1.165, 1.54) is 6.42 Å². The van der Waals surface area contributed by atoms with Crippen LogP contribution in [0.3, 0.4) is 0 Å². The Bertz CT molecular complexity index is 822. The molecule has 2 saturated heterocycles. The fourth-order valence-electron chi connectivity index (χ4n) is 4.63. The molecule has 0 N–H and O–H groups in total. The Morgan fingerprint density at radius 2 is 2.04 bits per heavy atom. The van der Waals surface area contributed by atoms with Gasteiger partial charge in [-0.3, -0.25) is 9.78 Å². The van der Waals surface area contributed by atoms with Gasteiger partial charge in [0.05, 0.1) is 0 Å². The van der Waals surface area contributed by atoms with Gasteiger partial charge < -0.3 is 9.80 Å². The van der Waals surface area contributed by atoms with Crippen LogP contribution in [0, 0.1) is 5.41 Å². The summed E-state index contributed by atoms with van der Waals surface area (Å²) in [7, 11) is 0. The van der Waals surface area contributed by atoms with Gasteiger partial charge in [0.25, 0.3) is 0 Å². The minimum Gasteiger partial charge on any atom is -0.356 e. The van der Waals surface area contributed by atoms with Gasteiger partial charge in [0.2, 0.25) is 5.91 Å². The summed E-state index contributed by atoms with van der Waals surface area (Å²) in [5.41, 5.74) is 2.42. The highest BCUT2D eigenvalue weighted by atomic mass is 16.2. The fourth-order valence-corrected chi connectivity index (χ4v) is 4.63. The van der Waals surface area contributed by atoms with Crippen molar-refractivity contribution < 1.29 is 4.79 Å². The van der Waals surface area contributed by atoms with Crippen LogP contribution in [-0.4, -0.2) is 40.4 Å². The number of rotatable bonds is 4. The Labute approximate surface area is 167 Å². The third-order valence-electron chi connectivity index (χ3n) is 6.18. The molecule has 5 heteroatoms. The highest BCUT2D eigenvalue weighted by molar-refractivity contribution is 5.77. The molecule has 2 aromatic heterocycles. The molecule has 2 fully saturated rings. The Kier molecular flexibility index (Phi) is 5.33. The highest BCUT2D eigenvalue weighted by Gasteiger charge is 2.42. The molecule has 0 bridgehead atoms. The maximum atomic E-state index is 12.6. The van der Waals surface area contributed by atoms with E-state index >= 15 is 0 Å². The maximum Gasteiger partial charge on any atom is 0.222 e. The minimum atomic E-state index is 0.171. The van der Waals surface area contributed by atoms with Crippen molar-refractivity contribution in [2.45, 2.75) is 52.0 Å². The van der Waals surface area contributed by atoms with Crippen molar-refractivity contribution in [3.05, 3.63) is 54.0 Å². The second-order valence-electron chi connectivity index (χ2n) is 8.71. The molecule has 0 aromatic carbocycles. The molecule has 0 aliphatic carbocycles. The molecule has 28 heavy (non-hydrogen) atoms. The van der Waals surface area contributed by atoms with E-state index in [9.17, 15) is 4.79 Å². The molecule has 0 radical (unpaired) electrons. The van der Waals surface area contributed by atoms with Crippen LogP contribution >= 0.6 is 0 Å². The van der Waals surface area contributed by atoms with Crippen LogP contribution in [0.1, 0.15) is 56.7 Å². The maximum absolute atomic E-state index is 12.6. The Morgan fingerprint density at radius 3 is 2.82 bits per heavy atom. The summed E-state index contributed by atoms with van der Waals surface area (Å²) in [4.78, 5) is 26.2. The van der Waals surface area contributed by atoms with Gasteiger partial charge in [-0.05, 0) is 48.9 Å². The van der Waals surface area contributed by atoms with Crippen LogP contribution in [0.2, 0.25) is 0 Å². The monoisotopic (exact) mass is 378 g/mol. The lowest BCUT2D eigenvalue weighted by molar-refractivity contribution is -0.138. The fraction of sp³-hybridized carbons (Fsp3) is 0.522. The average Bonchev–Trinajstić information content (AvgIpc) is 2.72.